The monoisotopic (exact) mass is 452 g/mol. The number of nitrogens with zero attached hydrogens (tertiary/aromatic N) is 5. The molecule has 1 spiro atoms. The predicted octanol–water partition coefficient (Wildman–Crippen LogP) is 5.98. The molecule has 0 amide bonds. The highest BCUT2D eigenvalue weighted by Crippen LogP contribution is 2.46. The Balaban J connectivity index is 1.24. The summed E-state index contributed by atoms with van der Waals surface area (Å²) in [6.45, 7) is 2.17. The molecule has 31 heavy (non-hydrogen) atoms. The van der Waals surface area contributed by atoms with Gasteiger partial charge in [0.05, 0.1) is 29.3 Å². The normalized spacial score (nSPS) is 17.8. The van der Waals surface area contributed by atoms with Gasteiger partial charge in [-0.1, -0.05) is 42.3 Å². The topological polar surface area (TPSA) is 66.8 Å². The van der Waals surface area contributed by atoms with Gasteiger partial charge in [0.2, 0.25) is 0 Å². The summed E-state index contributed by atoms with van der Waals surface area (Å²) in [6, 6.07) is 5.86. The molecule has 8 heteroatoms. The van der Waals surface area contributed by atoms with Crippen LogP contribution in [0.4, 0.5) is 17.3 Å². The third-order valence-electron chi connectivity index (χ3n) is 6.43. The van der Waals surface area contributed by atoms with Gasteiger partial charge in [0.1, 0.15) is 16.7 Å². The molecule has 1 aromatic carbocycles. The Morgan fingerprint density at radius 2 is 1.77 bits per heavy atom. The highest BCUT2D eigenvalue weighted by molar-refractivity contribution is 7.99. The zero-order chi connectivity index (χ0) is 21.1. The van der Waals surface area contributed by atoms with Crippen LogP contribution in [0.3, 0.4) is 0 Å². The minimum atomic E-state index is 0.612. The molecule has 5 rings (SSSR count). The number of aromatic nitrogens is 4. The Morgan fingerprint density at radius 3 is 2.48 bits per heavy atom. The van der Waals surface area contributed by atoms with E-state index in [9.17, 15) is 0 Å². The second kappa shape index (κ2) is 9.01. The molecular weight excluding hydrogens is 428 g/mol. The van der Waals surface area contributed by atoms with E-state index >= 15 is 0 Å². The second-order valence-electron chi connectivity index (χ2n) is 8.34. The van der Waals surface area contributed by atoms with Gasteiger partial charge >= 0.3 is 0 Å². The van der Waals surface area contributed by atoms with E-state index in [1.165, 1.54) is 50.3 Å². The summed E-state index contributed by atoms with van der Waals surface area (Å²) in [5, 5.41) is 4.66. The summed E-state index contributed by atoms with van der Waals surface area (Å²) >= 11 is 8.14. The van der Waals surface area contributed by atoms with Crippen molar-refractivity contribution in [3.63, 3.8) is 0 Å². The maximum absolute atomic E-state index is 6.63. The fraction of sp³-hybridized carbons (Fsp3) is 0.391. The Morgan fingerprint density at radius 1 is 0.935 bits per heavy atom. The maximum atomic E-state index is 6.63. The van der Waals surface area contributed by atoms with Crippen molar-refractivity contribution in [1.82, 2.24) is 19.9 Å². The molecule has 1 saturated carbocycles. The van der Waals surface area contributed by atoms with E-state index < -0.39 is 0 Å². The fourth-order valence-electron chi connectivity index (χ4n) is 4.66. The molecule has 2 fully saturated rings. The van der Waals surface area contributed by atoms with Crippen molar-refractivity contribution in [2.24, 2.45) is 5.41 Å². The quantitative estimate of drug-likeness (QED) is 0.511. The van der Waals surface area contributed by atoms with Gasteiger partial charge in [-0.3, -0.25) is 4.98 Å². The third kappa shape index (κ3) is 4.62. The molecule has 1 saturated heterocycles. The fourth-order valence-corrected chi connectivity index (χ4v) is 5.73. The van der Waals surface area contributed by atoms with Crippen LogP contribution in [-0.2, 0) is 0 Å². The standard InChI is InChI=1S/C23H25ClN6S/c24-22-17(29-19-14-25-10-11-26-19)4-3-5-18(22)31-21-16-27-20(15-28-21)30-12-8-23(9-13-30)6-1-2-7-23/h3-5,10-11,14-16H,1-2,6-9,12-13H2,(H,26,29). The van der Waals surface area contributed by atoms with Crippen LogP contribution in [0.2, 0.25) is 5.02 Å². The highest BCUT2D eigenvalue weighted by atomic mass is 35.5. The summed E-state index contributed by atoms with van der Waals surface area (Å²) in [4.78, 5) is 21.0. The molecular formula is C23H25ClN6S. The Labute approximate surface area is 191 Å². The summed E-state index contributed by atoms with van der Waals surface area (Å²) < 4.78 is 0. The molecule has 0 unspecified atom stereocenters. The Hall–Kier alpha value is -2.38. The van der Waals surface area contributed by atoms with Gasteiger partial charge in [0.25, 0.3) is 0 Å². The minimum absolute atomic E-state index is 0.612. The molecule has 2 aromatic heterocycles. The summed E-state index contributed by atoms with van der Waals surface area (Å²) in [5.74, 6) is 1.62. The number of benzene rings is 1. The van der Waals surface area contributed by atoms with Crippen LogP contribution < -0.4 is 10.2 Å². The molecule has 0 bridgehead atoms. The lowest BCUT2D eigenvalue weighted by Crippen LogP contribution is -2.39. The lowest BCUT2D eigenvalue weighted by atomic mass is 9.77. The largest absolute Gasteiger partial charge is 0.355 e. The first-order chi connectivity index (χ1) is 15.2. The van der Waals surface area contributed by atoms with Gasteiger partial charge in [0.15, 0.2) is 0 Å². The van der Waals surface area contributed by atoms with E-state index in [0.29, 0.717) is 16.3 Å². The van der Waals surface area contributed by atoms with Gasteiger partial charge in [-0.15, -0.1) is 0 Å². The van der Waals surface area contributed by atoms with Gasteiger partial charge in [-0.05, 0) is 43.2 Å². The Bertz CT molecular complexity index is 1010. The van der Waals surface area contributed by atoms with Crippen LogP contribution in [0.1, 0.15) is 38.5 Å². The van der Waals surface area contributed by atoms with Crippen LogP contribution in [0, 0.1) is 5.41 Å². The van der Waals surface area contributed by atoms with E-state index in [1.807, 2.05) is 30.6 Å². The zero-order valence-corrected chi connectivity index (χ0v) is 18.9. The lowest BCUT2D eigenvalue weighted by molar-refractivity contribution is 0.226. The first kappa shape index (κ1) is 20.5. The minimum Gasteiger partial charge on any atom is -0.355 e. The third-order valence-corrected chi connectivity index (χ3v) is 7.93. The first-order valence-electron chi connectivity index (χ1n) is 10.8. The summed E-state index contributed by atoms with van der Waals surface area (Å²) in [7, 11) is 0. The average molecular weight is 453 g/mol. The summed E-state index contributed by atoms with van der Waals surface area (Å²) in [5.41, 5.74) is 1.40. The van der Waals surface area contributed by atoms with Gasteiger partial charge in [-0.25, -0.2) is 15.0 Å². The molecule has 2 aliphatic rings. The van der Waals surface area contributed by atoms with Crippen molar-refractivity contribution in [3.05, 3.63) is 54.2 Å². The zero-order valence-electron chi connectivity index (χ0n) is 17.3. The highest BCUT2D eigenvalue weighted by Gasteiger charge is 2.37. The molecule has 0 radical (unpaired) electrons. The summed E-state index contributed by atoms with van der Waals surface area (Å²) in [6.07, 6.45) is 16.9. The number of anilines is 3. The average Bonchev–Trinajstić information content (AvgIpc) is 3.26. The van der Waals surface area contributed by atoms with Crippen LogP contribution in [0.5, 0.6) is 0 Å². The van der Waals surface area contributed by atoms with Crippen molar-refractivity contribution in [1.29, 1.82) is 0 Å². The smallest absolute Gasteiger partial charge is 0.148 e. The molecule has 3 heterocycles. The van der Waals surface area contributed by atoms with E-state index in [-0.39, 0.29) is 0 Å². The molecule has 160 valence electrons. The van der Waals surface area contributed by atoms with Gasteiger partial charge < -0.3 is 10.2 Å². The van der Waals surface area contributed by atoms with Crippen molar-refractivity contribution >= 4 is 40.7 Å². The van der Waals surface area contributed by atoms with E-state index in [2.05, 4.69) is 25.2 Å². The van der Waals surface area contributed by atoms with E-state index in [1.54, 1.807) is 18.6 Å². The molecule has 3 aromatic rings. The number of hydrogen-bond donors (Lipinski definition) is 1. The van der Waals surface area contributed by atoms with Crippen molar-refractivity contribution < 1.29 is 0 Å². The SMILES string of the molecule is Clc1c(Nc2cnccn2)cccc1Sc1cnc(N2CCC3(CCCC3)CC2)cn1. The number of rotatable bonds is 5. The predicted molar refractivity (Wildman–Crippen MR) is 125 cm³/mol. The Kier molecular flexibility index (Phi) is 5.96. The van der Waals surface area contributed by atoms with Crippen LogP contribution in [-0.4, -0.2) is 33.0 Å². The number of piperidine rings is 1. The number of hydrogen-bond acceptors (Lipinski definition) is 7. The van der Waals surface area contributed by atoms with Crippen molar-refractivity contribution in [2.45, 2.75) is 48.4 Å². The molecule has 1 aliphatic heterocycles. The second-order valence-corrected chi connectivity index (χ2v) is 9.78. The first-order valence-corrected chi connectivity index (χ1v) is 12.0. The number of halogens is 1. The molecule has 0 atom stereocenters. The van der Waals surface area contributed by atoms with Crippen LogP contribution in [0.25, 0.3) is 0 Å². The van der Waals surface area contributed by atoms with Crippen LogP contribution >= 0.6 is 23.4 Å². The van der Waals surface area contributed by atoms with Crippen molar-refractivity contribution in [3.8, 4) is 0 Å². The number of nitrogens with one attached hydrogen (secondary N) is 1. The molecule has 1 N–H and O–H groups in total. The van der Waals surface area contributed by atoms with Crippen LogP contribution in [0.15, 0.2) is 59.1 Å². The maximum Gasteiger partial charge on any atom is 0.148 e. The van der Waals surface area contributed by atoms with E-state index in [4.69, 9.17) is 16.6 Å². The lowest BCUT2D eigenvalue weighted by Gasteiger charge is -2.39. The van der Waals surface area contributed by atoms with Crippen molar-refractivity contribution in [2.75, 3.05) is 23.3 Å². The molecule has 1 aliphatic carbocycles. The van der Waals surface area contributed by atoms with Gasteiger partial charge in [0, 0.05) is 30.4 Å². The van der Waals surface area contributed by atoms with E-state index in [0.717, 1.165) is 34.5 Å². The van der Waals surface area contributed by atoms with Gasteiger partial charge in [-0.2, -0.15) is 0 Å². The molecule has 6 nitrogen and oxygen atoms in total.